The van der Waals surface area contributed by atoms with Crippen LogP contribution in [0.4, 0.5) is 5.69 Å². The number of para-hydroxylation sites is 1. The molecule has 0 aliphatic heterocycles. The Morgan fingerprint density at radius 1 is 1.08 bits per heavy atom. The molecule has 0 heterocycles. The highest BCUT2D eigenvalue weighted by atomic mass is 79.9. The van der Waals surface area contributed by atoms with Gasteiger partial charge in [-0.3, -0.25) is 4.79 Å². The predicted octanol–water partition coefficient (Wildman–Crippen LogP) is 2.86. The van der Waals surface area contributed by atoms with Crippen molar-refractivity contribution in [2.75, 3.05) is 17.6 Å². The number of rotatable bonds is 7. The van der Waals surface area contributed by atoms with E-state index in [4.69, 9.17) is 0 Å². The maximum atomic E-state index is 12.0. The van der Waals surface area contributed by atoms with Gasteiger partial charge in [0.25, 0.3) is 0 Å². The number of amides is 1. The van der Waals surface area contributed by atoms with Crippen molar-refractivity contribution in [3.63, 3.8) is 0 Å². The fourth-order valence-electron chi connectivity index (χ4n) is 2.14. The van der Waals surface area contributed by atoms with E-state index < -0.39 is 15.9 Å². The summed E-state index contributed by atoms with van der Waals surface area (Å²) in [6.07, 6.45) is 0.411. The summed E-state index contributed by atoms with van der Waals surface area (Å²) < 4.78 is 27.1. The van der Waals surface area contributed by atoms with Crippen molar-refractivity contribution in [2.24, 2.45) is 0 Å². The zero-order valence-electron chi connectivity index (χ0n) is 13.3. The number of nitrogens with one attached hydrogen (secondary N) is 2. The molecule has 2 aromatic rings. The molecule has 0 aliphatic carbocycles. The molecule has 24 heavy (non-hydrogen) atoms. The van der Waals surface area contributed by atoms with Crippen molar-refractivity contribution in [3.8, 4) is 0 Å². The van der Waals surface area contributed by atoms with E-state index >= 15 is 0 Å². The summed E-state index contributed by atoms with van der Waals surface area (Å²) in [5.41, 5.74) is 2.64. The van der Waals surface area contributed by atoms with Crippen LogP contribution in [0.25, 0.3) is 0 Å². The summed E-state index contributed by atoms with van der Waals surface area (Å²) >= 11 is 3.32. The molecule has 0 aliphatic rings. The van der Waals surface area contributed by atoms with Crippen molar-refractivity contribution in [2.45, 2.75) is 13.3 Å². The highest BCUT2D eigenvalue weighted by Gasteiger charge is 2.14. The normalized spacial score (nSPS) is 11.2. The van der Waals surface area contributed by atoms with E-state index in [1.165, 1.54) is 0 Å². The minimum atomic E-state index is -3.52. The largest absolute Gasteiger partial charge is 0.324 e. The molecule has 0 saturated heterocycles. The monoisotopic (exact) mass is 410 g/mol. The summed E-state index contributed by atoms with van der Waals surface area (Å²) in [7, 11) is -3.52. The van der Waals surface area contributed by atoms with Gasteiger partial charge in [-0.15, -0.1) is 0 Å². The summed E-state index contributed by atoms with van der Waals surface area (Å²) in [5.74, 6) is -0.471. The van der Waals surface area contributed by atoms with Gasteiger partial charge in [-0.1, -0.05) is 36.4 Å². The molecule has 2 rings (SSSR count). The number of carbonyl (C=O) groups excluding carboxylic acids is 1. The molecule has 128 valence electrons. The van der Waals surface area contributed by atoms with Crippen LogP contribution in [-0.2, 0) is 21.2 Å². The molecule has 2 N–H and O–H groups in total. The van der Waals surface area contributed by atoms with E-state index in [9.17, 15) is 13.2 Å². The van der Waals surface area contributed by atoms with E-state index in [1.807, 2.05) is 37.3 Å². The zero-order valence-corrected chi connectivity index (χ0v) is 15.7. The SMILES string of the molecule is Cc1ccccc1CCS(=O)(=O)NCC(=O)Nc1ccccc1Br. The van der Waals surface area contributed by atoms with Gasteiger partial charge in [0, 0.05) is 4.47 Å². The second-order valence-electron chi connectivity index (χ2n) is 5.34. The van der Waals surface area contributed by atoms with Gasteiger partial charge < -0.3 is 5.32 Å². The van der Waals surface area contributed by atoms with Gasteiger partial charge in [-0.25, -0.2) is 13.1 Å². The van der Waals surface area contributed by atoms with Crippen LogP contribution in [0.1, 0.15) is 11.1 Å². The van der Waals surface area contributed by atoms with Gasteiger partial charge in [0.2, 0.25) is 15.9 Å². The van der Waals surface area contributed by atoms with E-state index in [-0.39, 0.29) is 12.3 Å². The summed E-state index contributed by atoms with van der Waals surface area (Å²) in [5, 5.41) is 2.65. The molecular weight excluding hydrogens is 392 g/mol. The van der Waals surface area contributed by atoms with E-state index in [1.54, 1.807) is 18.2 Å². The number of sulfonamides is 1. The third-order valence-corrected chi connectivity index (χ3v) is 5.52. The first-order chi connectivity index (χ1) is 11.4. The Labute approximate surface area is 150 Å². The third-order valence-electron chi connectivity index (χ3n) is 3.50. The topological polar surface area (TPSA) is 75.3 Å². The van der Waals surface area contributed by atoms with E-state index in [0.717, 1.165) is 15.6 Å². The molecule has 0 aromatic heterocycles. The van der Waals surface area contributed by atoms with Gasteiger partial charge in [-0.05, 0) is 52.5 Å². The van der Waals surface area contributed by atoms with Crippen molar-refractivity contribution >= 4 is 37.5 Å². The second-order valence-corrected chi connectivity index (χ2v) is 8.13. The Balaban J connectivity index is 1.85. The number of halogens is 1. The van der Waals surface area contributed by atoms with Crippen LogP contribution in [0, 0.1) is 6.92 Å². The average molecular weight is 411 g/mol. The van der Waals surface area contributed by atoms with E-state index in [0.29, 0.717) is 12.1 Å². The maximum Gasteiger partial charge on any atom is 0.239 e. The molecule has 1 amide bonds. The number of hydrogen-bond donors (Lipinski definition) is 2. The van der Waals surface area contributed by atoms with Crippen LogP contribution >= 0.6 is 15.9 Å². The van der Waals surface area contributed by atoms with Crippen molar-refractivity contribution in [1.82, 2.24) is 4.72 Å². The molecule has 0 radical (unpaired) electrons. The minimum Gasteiger partial charge on any atom is -0.324 e. The van der Waals surface area contributed by atoms with Gasteiger partial charge in [0.05, 0.1) is 18.0 Å². The van der Waals surface area contributed by atoms with Crippen molar-refractivity contribution in [3.05, 3.63) is 64.1 Å². The number of hydrogen-bond acceptors (Lipinski definition) is 3. The Kier molecular flexibility index (Phi) is 6.53. The standard InChI is InChI=1S/C17H19BrN2O3S/c1-13-6-2-3-7-14(13)10-11-24(22,23)19-12-17(21)20-16-9-5-4-8-15(16)18/h2-9,19H,10-12H2,1H3,(H,20,21). The maximum absolute atomic E-state index is 12.0. The molecule has 5 nitrogen and oxygen atoms in total. The van der Waals surface area contributed by atoms with Gasteiger partial charge in [0.1, 0.15) is 0 Å². The fraction of sp³-hybridized carbons (Fsp3) is 0.235. The number of carbonyl (C=O) groups is 1. The first-order valence-corrected chi connectivity index (χ1v) is 9.88. The first kappa shape index (κ1) is 18.6. The number of benzene rings is 2. The molecule has 0 bridgehead atoms. The number of anilines is 1. The molecule has 0 spiro atoms. The van der Waals surface area contributed by atoms with Crippen LogP contribution < -0.4 is 10.0 Å². The first-order valence-electron chi connectivity index (χ1n) is 7.43. The Bertz CT molecular complexity index is 822. The van der Waals surface area contributed by atoms with Gasteiger partial charge in [0.15, 0.2) is 0 Å². The number of aryl methyl sites for hydroxylation is 2. The molecule has 0 saturated carbocycles. The molecule has 7 heteroatoms. The lowest BCUT2D eigenvalue weighted by Gasteiger charge is -2.10. The Morgan fingerprint density at radius 2 is 1.75 bits per heavy atom. The highest BCUT2D eigenvalue weighted by Crippen LogP contribution is 2.20. The van der Waals surface area contributed by atoms with Crippen LogP contribution in [0.15, 0.2) is 53.0 Å². The minimum absolute atomic E-state index is 0.0554. The lowest BCUT2D eigenvalue weighted by atomic mass is 10.1. The lowest BCUT2D eigenvalue weighted by molar-refractivity contribution is -0.115. The molecule has 2 aromatic carbocycles. The zero-order chi connectivity index (χ0) is 17.6. The highest BCUT2D eigenvalue weighted by molar-refractivity contribution is 9.10. The van der Waals surface area contributed by atoms with Crippen molar-refractivity contribution < 1.29 is 13.2 Å². The quantitative estimate of drug-likeness (QED) is 0.736. The smallest absolute Gasteiger partial charge is 0.239 e. The molecular formula is C17H19BrN2O3S. The Morgan fingerprint density at radius 3 is 2.46 bits per heavy atom. The molecule has 0 atom stereocenters. The second kappa shape index (κ2) is 8.41. The predicted molar refractivity (Wildman–Crippen MR) is 99.4 cm³/mol. The average Bonchev–Trinajstić information content (AvgIpc) is 2.55. The van der Waals surface area contributed by atoms with Crippen LogP contribution in [0.3, 0.4) is 0 Å². The van der Waals surface area contributed by atoms with Crippen molar-refractivity contribution in [1.29, 1.82) is 0 Å². The van der Waals surface area contributed by atoms with Crippen LogP contribution in [-0.4, -0.2) is 26.6 Å². The molecule has 0 fully saturated rings. The van der Waals surface area contributed by atoms with Gasteiger partial charge >= 0.3 is 0 Å². The Hall–Kier alpha value is -1.70. The summed E-state index contributed by atoms with van der Waals surface area (Å²) in [6, 6.07) is 14.8. The van der Waals surface area contributed by atoms with Crippen LogP contribution in [0.5, 0.6) is 0 Å². The fourth-order valence-corrected chi connectivity index (χ4v) is 3.51. The lowest BCUT2D eigenvalue weighted by Crippen LogP contribution is -2.34. The van der Waals surface area contributed by atoms with Crippen LogP contribution in [0.2, 0.25) is 0 Å². The summed E-state index contributed by atoms with van der Waals surface area (Å²) in [6.45, 7) is 1.65. The molecule has 0 unspecified atom stereocenters. The van der Waals surface area contributed by atoms with E-state index in [2.05, 4.69) is 26.0 Å². The third kappa shape index (κ3) is 5.74. The van der Waals surface area contributed by atoms with Gasteiger partial charge in [-0.2, -0.15) is 0 Å². The summed E-state index contributed by atoms with van der Waals surface area (Å²) in [4.78, 5) is 11.9.